The average Bonchev–Trinajstić information content (AvgIpc) is 3.27. The number of nitrogens with zero attached hydrogens (tertiary/aromatic N) is 2. The molecule has 2 aromatic rings. The van der Waals surface area contributed by atoms with Gasteiger partial charge in [-0.25, -0.2) is 4.79 Å². The molecule has 1 heterocycles. The Bertz CT molecular complexity index is 961. The molecule has 0 aliphatic heterocycles. The van der Waals surface area contributed by atoms with Gasteiger partial charge in [-0.3, -0.25) is 0 Å². The predicted octanol–water partition coefficient (Wildman–Crippen LogP) is 8.72. The number of unbranched alkanes of at least 4 members (excludes halogenated alkanes) is 7. The van der Waals surface area contributed by atoms with E-state index in [-0.39, 0.29) is 5.57 Å². The van der Waals surface area contributed by atoms with Crippen molar-refractivity contribution in [1.82, 2.24) is 0 Å². The fourth-order valence-corrected chi connectivity index (χ4v) is 5.38. The summed E-state index contributed by atoms with van der Waals surface area (Å²) in [5.41, 5.74) is 3.46. The standard InChI is InChI=1S/C30H42N2O2S/c1-4-7-10-11-12-13-14-25-21-28(22-26(23-31)30(33)34)35-29(25)24-15-17-27(18-16-24)32(19-8-5-2)20-9-6-3/h15-18,21-22H,4-14,19-20H2,1-3H3,(H,33,34)/b26-22-. The van der Waals surface area contributed by atoms with E-state index >= 15 is 0 Å². The molecule has 190 valence electrons. The molecule has 0 saturated heterocycles. The number of aliphatic carboxylic acids is 1. The lowest BCUT2D eigenvalue weighted by Gasteiger charge is -2.25. The van der Waals surface area contributed by atoms with Gasteiger partial charge in [0.25, 0.3) is 0 Å². The van der Waals surface area contributed by atoms with E-state index in [0.717, 1.165) is 30.8 Å². The number of carboxylic acid groups (broad SMARTS) is 1. The van der Waals surface area contributed by atoms with Crippen LogP contribution in [0.3, 0.4) is 0 Å². The largest absolute Gasteiger partial charge is 0.477 e. The van der Waals surface area contributed by atoms with Crippen LogP contribution < -0.4 is 4.90 Å². The van der Waals surface area contributed by atoms with Crippen LogP contribution in [0.1, 0.15) is 95.4 Å². The molecule has 0 amide bonds. The third-order valence-corrected chi connectivity index (χ3v) is 7.50. The van der Waals surface area contributed by atoms with E-state index in [4.69, 9.17) is 0 Å². The van der Waals surface area contributed by atoms with Gasteiger partial charge < -0.3 is 10.0 Å². The molecule has 0 atom stereocenters. The molecule has 4 nitrogen and oxygen atoms in total. The van der Waals surface area contributed by atoms with Gasteiger partial charge >= 0.3 is 5.97 Å². The highest BCUT2D eigenvalue weighted by molar-refractivity contribution is 7.16. The Morgan fingerprint density at radius 3 is 2.11 bits per heavy atom. The summed E-state index contributed by atoms with van der Waals surface area (Å²) in [5, 5.41) is 18.5. The second-order valence-corrected chi connectivity index (χ2v) is 10.3. The van der Waals surface area contributed by atoms with Gasteiger partial charge in [0.05, 0.1) is 0 Å². The Labute approximate surface area is 216 Å². The SMILES string of the molecule is CCCCCCCCc1cc(/C=C(/C#N)C(=O)O)sc1-c1ccc(N(CCCC)CCCC)cc1. The van der Waals surface area contributed by atoms with Crippen molar-refractivity contribution < 1.29 is 9.90 Å². The molecule has 0 radical (unpaired) electrons. The first-order valence-electron chi connectivity index (χ1n) is 13.4. The smallest absolute Gasteiger partial charge is 0.346 e. The van der Waals surface area contributed by atoms with Gasteiger partial charge in [-0.15, -0.1) is 11.3 Å². The second-order valence-electron chi connectivity index (χ2n) is 9.24. The zero-order chi connectivity index (χ0) is 25.5. The van der Waals surface area contributed by atoms with E-state index in [0.29, 0.717) is 0 Å². The van der Waals surface area contributed by atoms with Gasteiger partial charge in [-0.2, -0.15) is 5.26 Å². The minimum Gasteiger partial charge on any atom is -0.477 e. The first kappa shape index (κ1) is 28.7. The van der Waals surface area contributed by atoms with Crippen LogP contribution in [0.15, 0.2) is 35.9 Å². The molecule has 5 heteroatoms. The maximum Gasteiger partial charge on any atom is 0.346 e. The summed E-state index contributed by atoms with van der Waals surface area (Å²) in [6.45, 7) is 8.87. The van der Waals surface area contributed by atoms with E-state index in [9.17, 15) is 15.2 Å². The molecule has 1 aromatic heterocycles. The summed E-state index contributed by atoms with van der Waals surface area (Å²) in [6, 6.07) is 12.7. The Morgan fingerprint density at radius 1 is 0.943 bits per heavy atom. The van der Waals surface area contributed by atoms with Crippen molar-refractivity contribution >= 4 is 29.1 Å². The van der Waals surface area contributed by atoms with Crippen molar-refractivity contribution in [3.63, 3.8) is 0 Å². The van der Waals surface area contributed by atoms with Crippen LogP contribution in [0.2, 0.25) is 0 Å². The van der Waals surface area contributed by atoms with Crippen molar-refractivity contribution in [3.8, 4) is 16.5 Å². The van der Waals surface area contributed by atoms with E-state index < -0.39 is 5.97 Å². The number of hydrogen-bond acceptors (Lipinski definition) is 4. The summed E-state index contributed by atoms with van der Waals surface area (Å²) in [6.07, 6.45) is 14.7. The summed E-state index contributed by atoms with van der Waals surface area (Å²) in [5.74, 6) is -1.18. The monoisotopic (exact) mass is 494 g/mol. The van der Waals surface area contributed by atoms with E-state index in [2.05, 4.69) is 56.0 Å². The van der Waals surface area contributed by atoms with Crippen molar-refractivity contribution in [2.45, 2.75) is 91.4 Å². The van der Waals surface area contributed by atoms with Crippen molar-refractivity contribution in [3.05, 3.63) is 46.3 Å². The number of rotatable bonds is 17. The van der Waals surface area contributed by atoms with Crippen molar-refractivity contribution in [1.29, 1.82) is 5.26 Å². The molecule has 0 unspecified atom stereocenters. The van der Waals surface area contributed by atoms with E-state index in [1.54, 1.807) is 17.4 Å². The summed E-state index contributed by atoms with van der Waals surface area (Å²) in [4.78, 5) is 15.9. The first-order valence-corrected chi connectivity index (χ1v) is 14.2. The number of anilines is 1. The number of thiophene rings is 1. The van der Waals surface area contributed by atoms with Crippen LogP contribution in [0.25, 0.3) is 16.5 Å². The third-order valence-electron chi connectivity index (χ3n) is 6.32. The fourth-order valence-electron chi connectivity index (χ4n) is 4.22. The molecule has 35 heavy (non-hydrogen) atoms. The number of carbonyl (C=O) groups is 1. The Hall–Kier alpha value is -2.58. The highest BCUT2D eigenvalue weighted by Crippen LogP contribution is 2.36. The molecule has 0 bridgehead atoms. The zero-order valence-electron chi connectivity index (χ0n) is 21.8. The molecule has 0 fully saturated rings. The highest BCUT2D eigenvalue weighted by atomic mass is 32.1. The average molecular weight is 495 g/mol. The quantitative estimate of drug-likeness (QED) is 0.136. The predicted molar refractivity (Wildman–Crippen MR) is 150 cm³/mol. The molecule has 1 aromatic carbocycles. The Morgan fingerprint density at radius 2 is 1.54 bits per heavy atom. The zero-order valence-corrected chi connectivity index (χ0v) is 22.6. The lowest BCUT2D eigenvalue weighted by atomic mass is 10.0. The van der Waals surface area contributed by atoms with Gasteiger partial charge in [0.1, 0.15) is 11.6 Å². The highest BCUT2D eigenvalue weighted by Gasteiger charge is 2.14. The van der Waals surface area contributed by atoms with E-state index in [1.165, 1.54) is 85.6 Å². The lowest BCUT2D eigenvalue weighted by Crippen LogP contribution is -2.25. The molecule has 2 rings (SSSR count). The number of nitriles is 1. The maximum atomic E-state index is 11.4. The van der Waals surface area contributed by atoms with Crippen LogP contribution in [0.4, 0.5) is 5.69 Å². The molecular weight excluding hydrogens is 452 g/mol. The summed E-state index contributed by atoms with van der Waals surface area (Å²) in [7, 11) is 0. The van der Waals surface area contributed by atoms with Crippen molar-refractivity contribution in [2.24, 2.45) is 0 Å². The lowest BCUT2D eigenvalue weighted by molar-refractivity contribution is -0.132. The topological polar surface area (TPSA) is 64.3 Å². The number of benzene rings is 1. The first-order chi connectivity index (χ1) is 17.0. The molecular formula is C30H42N2O2S. The third kappa shape index (κ3) is 9.53. The molecule has 0 aliphatic rings. The van der Waals surface area contributed by atoms with Crippen LogP contribution >= 0.6 is 11.3 Å². The number of hydrogen-bond donors (Lipinski definition) is 1. The number of carboxylic acids is 1. The van der Waals surface area contributed by atoms with Gasteiger partial charge in [0.15, 0.2) is 0 Å². The minimum atomic E-state index is -1.18. The van der Waals surface area contributed by atoms with Crippen LogP contribution in [0.5, 0.6) is 0 Å². The van der Waals surface area contributed by atoms with Gasteiger partial charge in [-0.05, 0) is 61.1 Å². The normalized spacial score (nSPS) is 11.4. The molecule has 0 spiro atoms. The Balaban J connectivity index is 2.27. The van der Waals surface area contributed by atoms with Gasteiger partial charge in [0, 0.05) is 28.5 Å². The van der Waals surface area contributed by atoms with Gasteiger partial charge in [0.2, 0.25) is 0 Å². The summed E-state index contributed by atoms with van der Waals surface area (Å²) >= 11 is 1.58. The Kier molecular flexibility index (Phi) is 13.2. The molecule has 0 saturated carbocycles. The fraction of sp³-hybridized carbons (Fsp3) is 0.533. The molecule has 0 aliphatic carbocycles. The van der Waals surface area contributed by atoms with E-state index in [1.807, 2.05) is 0 Å². The maximum absolute atomic E-state index is 11.4. The summed E-state index contributed by atoms with van der Waals surface area (Å²) < 4.78 is 0. The number of aryl methyl sites for hydroxylation is 1. The van der Waals surface area contributed by atoms with Crippen LogP contribution in [-0.2, 0) is 11.2 Å². The van der Waals surface area contributed by atoms with Crippen LogP contribution in [-0.4, -0.2) is 24.2 Å². The van der Waals surface area contributed by atoms with Crippen molar-refractivity contribution in [2.75, 3.05) is 18.0 Å². The second kappa shape index (κ2) is 16.2. The van der Waals surface area contributed by atoms with Gasteiger partial charge in [-0.1, -0.05) is 77.8 Å². The minimum absolute atomic E-state index is 0.221. The van der Waals surface area contributed by atoms with Crippen LogP contribution in [0, 0.1) is 11.3 Å². The molecule has 1 N–H and O–H groups in total.